The van der Waals surface area contributed by atoms with Crippen molar-refractivity contribution in [2.24, 2.45) is 5.84 Å². The highest BCUT2D eigenvalue weighted by Crippen LogP contribution is 2.33. The Balaban J connectivity index is 2.14. The van der Waals surface area contributed by atoms with Crippen LogP contribution in [-0.4, -0.2) is 33.5 Å². The fourth-order valence-corrected chi connectivity index (χ4v) is 3.45. The van der Waals surface area contributed by atoms with Crippen LogP contribution in [0.25, 0.3) is 0 Å². The summed E-state index contributed by atoms with van der Waals surface area (Å²) >= 11 is 0. The van der Waals surface area contributed by atoms with Gasteiger partial charge in [-0.3, -0.25) is 16.0 Å². The molecule has 1 saturated carbocycles. The first kappa shape index (κ1) is 16.4. The van der Waals surface area contributed by atoms with Crippen LogP contribution in [0.1, 0.15) is 57.7 Å². The number of aryl methyl sites for hydroxylation is 1. The van der Waals surface area contributed by atoms with E-state index in [2.05, 4.69) is 22.4 Å². The molecule has 1 aromatic rings. The van der Waals surface area contributed by atoms with Crippen molar-refractivity contribution in [2.75, 3.05) is 7.11 Å². The molecule has 6 heteroatoms. The van der Waals surface area contributed by atoms with E-state index in [0.717, 1.165) is 38.1 Å². The van der Waals surface area contributed by atoms with E-state index in [0.29, 0.717) is 0 Å². The normalized spacial score (nSPS) is 20.1. The lowest BCUT2D eigenvalue weighted by molar-refractivity contribution is -0.0533. The highest BCUT2D eigenvalue weighted by Gasteiger charge is 2.39. The summed E-state index contributed by atoms with van der Waals surface area (Å²) in [5.41, 5.74) is 2.81. The van der Waals surface area contributed by atoms with Crippen molar-refractivity contribution in [1.82, 2.24) is 20.2 Å². The number of hydrogen-bond acceptors (Lipinski definition) is 5. The van der Waals surface area contributed by atoms with Crippen LogP contribution in [0, 0.1) is 0 Å². The molecule has 1 atom stereocenters. The van der Waals surface area contributed by atoms with Gasteiger partial charge in [0.15, 0.2) is 0 Å². The van der Waals surface area contributed by atoms with Gasteiger partial charge in [0.25, 0.3) is 0 Å². The molecule has 1 unspecified atom stereocenters. The minimum atomic E-state index is -0.186. The Hall–Kier alpha value is -0.980. The van der Waals surface area contributed by atoms with Crippen molar-refractivity contribution in [3.05, 3.63) is 12.2 Å². The Bertz CT molecular complexity index is 412. The number of rotatable bonds is 7. The molecule has 0 saturated heterocycles. The predicted octanol–water partition coefficient (Wildman–Crippen LogP) is 1.80. The molecule has 1 heterocycles. The zero-order chi connectivity index (χ0) is 15.1. The van der Waals surface area contributed by atoms with Crippen LogP contribution in [0.4, 0.5) is 0 Å². The zero-order valence-electron chi connectivity index (χ0n) is 13.3. The Labute approximate surface area is 127 Å². The third-order valence-electron chi connectivity index (χ3n) is 4.71. The number of hydrazine groups is 1. The monoisotopic (exact) mass is 295 g/mol. The number of aromatic nitrogens is 3. The lowest BCUT2D eigenvalue weighted by Gasteiger charge is -2.38. The fraction of sp³-hybridized carbons (Fsp3) is 0.867. The van der Waals surface area contributed by atoms with Gasteiger partial charge in [-0.25, -0.2) is 4.98 Å². The number of methoxy groups -OCH3 is 1. The quantitative estimate of drug-likeness (QED) is 0.455. The lowest BCUT2D eigenvalue weighted by atomic mass is 9.84. The van der Waals surface area contributed by atoms with Crippen LogP contribution >= 0.6 is 0 Å². The maximum atomic E-state index is 5.96. The zero-order valence-corrected chi connectivity index (χ0v) is 13.3. The molecule has 21 heavy (non-hydrogen) atoms. The number of ether oxygens (including phenoxy) is 1. The molecule has 0 radical (unpaired) electrons. The van der Waals surface area contributed by atoms with Crippen molar-refractivity contribution < 1.29 is 4.74 Å². The summed E-state index contributed by atoms with van der Waals surface area (Å²) in [6, 6.07) is 0.0698. The van der Waals surface area contributed by atoms with Crippen LogP contribution in [0.2, 0.25) is 0 Å². The molecule has 0 amide bonds. The highest BCUT2D eigenvalue weighted by atomic mass is 16.5. The number of hydrogen-bond donors (Lipinski definition) is 2. The van der Waals surface area contributed by atoms with E-state index in [1.807, 2.05) is 11.8 Å². The second kappa shape index (κ2) is 7.87. The molecule has 0 bridgehead atoms. The number of nitrogens with one attached hydrogen (secondary N) is 1. The molecule has 0 spiro atoms. The Kier molecular flexibility index (Phi) is 6.14. The van der Waals surface area contributed by atoms with Gasteiger partial charge in [0.05, 0.1) is 11.6 Å². The third-order valence-corrected chi connectivity index (χ3v) is 4.71. The van der Waals surface area contributed by atoms with Gasteiger partial charge in [-0.1, -0.05) is 32.6 Å². The van der Waals surface area contributed by atoms with Crippen molar-refractivity contribution in [2.45, 2.75) is 76.5 Å². The van der Waals surface area contributed by atoms with Crippen LogP contribution < -0.4 is 11.3 Å². The van der Waals surface area contributed by atoms with Gasteiger partial charge in [-0.05, 0) is 19.3 Å². The summed E-state index contributed by atoms with van der Waals surface area (Å²) in [5, 5.41) is 4.30. The Morgan fingerprint density at radius 2 is 2.10 bits per heavy atom. The van der Waals surface area contributed by atoms with E-state index in [-0.39, 0.29) is 11.6 Å². The van der Waals surface area contributed by atoms with Gasteiger partial charge >= 0.3 is 0 Å². The Morgan fingerprint density at radius 1 is 1.38 bits per heavy atom. The van der Waals surface area contributed by atoms with Gasteiger partial charge in [0.1, 0.15) is 12.2 Å². The van der Waals surface area contributed by atoms with E-state index in [4.69, 9.17) is 10.6 Å². The molecule has 120 valence electrons. The molecule has 3 N–H and O–H groups in total. The van der Waals surface area contributed by atoms with E-state index in [1.165, 1.54) is 25.7 Å². The first-order valence-electron chi connectivity index (χ1n) is 8.13. The Morgan fingerprint density at radius 3 is 2.67 bits per heavy atom. The third kappa shape index (κ3) is 3.81. The number of nitrogens with zero attached hydrogens (tertiary/aromatic N) is 3. The average molecular weight is 295 g/mol. The second-order valence-corrected chi connectivity index (χ2v) is 6.01. The molecular formula is C15H29N5O. The molecule has 1 aliphatic carbocycles. The van der Waals surface area contributed by atoms with Gasteiger partial charge in [-0.15, -0.1) is 0 Å². The molecule has 6 nitrogen and oxygen atoms in total. The SMILES string of the molecule is CCCn1ncnc1CC(NN)C1(OC)CCCCCC1. The number of nitrogens with two attached hydrogens (primary N) is 1. The summed E-state index contributed by atoms with van der Waals surface area (Å²) < 4.78 is 7.94. The van der Waals surface area contributed by atoms with E-state index in [1.54, 1.807) is 6.33 Å². The van der Waals surface area contributed by atoms with Crippen LogP contribution in [0.5, 0.6) is 0 Å². The van der Waals surface area contributed by atoms with E-state index >= 15 is 0 Å². The summed E-state index contributed by atoms with van der Waals surface area (Å²) in [7, 11) is 1.81. The van der Waals surface area contributed by atoms with Gasteiger partial charge in [0.2, 0.25) is 0 Å². The topological polar surface area (TPSA) is 78.0 Å². The molecule has 1 aromatic heterocycles. The fourth-order valence-electron chi connectivity index (χ4n) is 3.45. The van der Waals surface area contributed by atoms with E-state index < -0.39 is 0 Å². The molecule has 1 fully saturated rings. The summed E-state index contributed by atoms with van der Waals surface area (Å²) in [6.45, 7) is 3.04. The van der Waals surface area contributed by atoms with Gasteiger partial charge in [0, 0.05) is 20.1 Å². The van der Waals surface area contributed by atoms with Crippen LogP contribution in [0.3, 0.4) is 0 Å². The minimum absolute atomic E-state index is 0.0698. The lowest BCUT2D eigenvalue weighted by Crippen LogP contribution is -2.55. The smallest absolute Gasteiger partial charge is 0.138 e. The van der Waals surface area contributed by atoms with Crippen molar-refractivity contribution in [3.63, 3.8) is 0 Å². The van der Waals surface area contributed by atoms with Gasteiger partial charge < -0.3 is 4.74 Å². The van der Waals surface area contributed by atoms with Crippen molar-refractivity contribution >= 4 is 0 Å². The van der Waals surface area contributed by atoms with Gasteiger partial charge in [-0.2, -0.15) is 5.10 Å². The summed E-state index contributed by atoms with van der Waals surface area (Å²) in [5.74, 6) is 6.86. The maximum Gasteiger partial charge on any atom is 0.138 e. The summed E-state index contributed by atoms with van der Waals surface area (Å²) in [6.07, 6.45) is 10.5. The first-order valence-corrected chi connectivity index (χ1v) is 8.13. The predicted molar refractivity (Wildman–Crippen MR) is 82.6 cm³/mol. The molecule has 2 rings (SSSR count). The summed E-state index contributed by atoms with van der Waals surface area (Å²) in [4.78, 5) is 4.41. The minimum Gasteiger partial charge on any atom is -0.377 e. The molecule has 1 aliphatic rings. The van der Waals surface area contributed by atoms with Crippen molar-refractivity contribution in [1.29, 1.82) is 0 Å². The van der Waals surface area contributed by atoms with Crippen LogP contribution in [0.15, 0.2) is 6.33 Å². The second-order valence-electron chi connectivity index (χ2n) is 6.01. The standard InChI is InChI=1S/C15H29N5O/c1-3-10-20-14(17-12-18-20)11-13(19-16)15(21-2)8-6-4-5-7-9-15/h12-13,19H,3-11,16H2,1-2H3. The maximum absolute atomic E-state index is 5.96. The molecule has 0 aliphatic heterocycles. The largest absolute Gasteiger partial charge is 0.377 e. The van der Waals surface area contributed by atoms with E-state index in [9.17, 15) is 0 Å². The molecule has 0 aromatic carbocycles. The molecular weight excluding hydrogens is 266 g/mol. The first-order chi connectivity index (χ1) is 10.3. The van der Waals surface area contributed by atoms with Crippen LogP contribution in [-0.2, 0) is 17.7 Å². The van der Waals surface area contributed by atoms with Crippen molar-refractivity contribution in [3.8, 4) is 0 Å². The average Bonchev–Trinajstić information content (AvgIpc) is 2.80. The highest BCUT2D eigenvalue weighted by molar-refractivity contribution is 5.00.